The van der Waals surface area contributed by atoms with Crippen LogP contribution in [0, 0.1) is 0 Å². The second-order valence-corrected chi connectivity index (χ2v) is 10.2. The van der Waals surface area contributed by atoms with Crippen molar-refractivity contribution in [2.45, 2.75) is 0 Å². The first-order chi connectivity index (χ1) is 11.7. The topological polar surface area (TPSA) is 0 Å². The predicted octanol–water partition coefficient (Wildman–Crippen LogP) is 8.38. The molecule has 0 saturated carbocycles. The zero-order valence-corrected chi connectivity index (χ0v) is 16.9. The fraction of sp³-hybridized carbons (Fsp3) is 0. The Balaban J connectivity index is 1.48. The van der Waals surface area contributed by atoms with Gasteiger partial charge in [0.05, 0.1) is 8.47 Å². The summed E-state index contributed by atoms with van der Waals surface area (Å²) in [5.41, 5.74) is 2.43. The van der Waals surface area contributed by atoms with Crippen molar-refractivity contribution in [1.29, 1.82) is 0 Å². The van der Waals surface area contributed by atoms with Crippen LogP contribution in [0.1, 0.15) is 11.1 Å². The monoisotopic (exact) mass is 424 g/mol. The molecule has 6 heteroatoms. The number of hydrogen-bond donors (Lipinski definition) is 0. The highest BCUT2D eigenvalue weighted by Crippen LogP contribution is 2.58. The fourth-order valence-electron chi connectivity index (χ4n) is 2.17. The molecule has 0 aliphatic carbocycles. The molecule has 0 atom stereocenters. The first-order valence-corrected chi connectivity index (χ1v) is 11.2. The standard InChI is InChI=1S/C18H10Cl2S4/c19-13-5-1-11(2-6-13)15-9-21-17(23-15)18-22-10-16(24-18)12-3-7-14(20)8-4-12/h1-10H/b18-17+. The summed E-state index contributed by atoms with van der Waals surface area (Å²) in [6.07, 6.45) is 0. The minimum absolute atomic E-state index is 0.771. The van der Waals surface area contributed by atoms with E-state index in [1.807, 2.05) is 47.8 Å². The summed E-state index contributed by atoms with van der Waals surface area (Å²) >= 11 is 19.2. The van der Waals surface area contributed by atoms with Crippen LogP contribution in [0.2, 0.25) is 10.0 Å². The lowest BCUT2D eigenvalue weighted by atomic mass is 10.2. The van der Waals surface area contributed by atoms with Gasteiger partial charge < -0.3 is 0 Å². The van der Waals surface area contributed by atoms with Crippen molar-refractivity contribution in [1.82, 2.24) is 0 Å². The largest absolute Gasteiger partial charge is 0.0878 e. The van der Waals surface area contributed by atoms with E-state index in [4.69, 9.17) is 23.2 Å². The van der Waals surface area contributed by atoms with Crippen LogP contribution in [0.15, 0.2) is 67.8 Å². The summed E-state index contributed by atoms with van der Waals surface area (Å²) < 4.78 is 2.69. The van der Waals surface area contributed by atoms with Crippen molar-refractivity contribution < 1.29 is 0 Å². The molecule has 0 amide bonds. The molecular formula is C18H10Cl2S4. The van der Waals surface area contributed by atoms with Crippen LogP contribution < -0.4 is 0 Å². The van der Waals surface area contributed by atoms with Crippen molar-refractivity contribution in [3.63, 3.8) is 0 Å². The van der Waals surface area contributed by atoms with Gasteiger partial charge in [0.15, 0.2) is 0 Å². The summed E-state index contributed by atoms with van der Waals surface area (Å²) in [5.74, 6) is 0. The van der Waals surface area contributed by atoms with Crippen LogP contribution >= 0.6 is 70.2 Å². The third-order valence-corrected chi connectivity index (χ3v) is 9.24. The smallest absolute Gasteiger partial charge is 0.0700 e. The Morgan fingerprint density at radius 2 is 0.917 bits per heavy atom. The van der Waals surface area contributed by atoms with E-state index in [0.29, 0.717) is 0 Å². The molecular weight excluding hydrogens is 415 g/mol. The maximum atomic E-state index is 5.97. The number of halogens is 2. The van der Waals surface area contributed by atoms with Gasteiger partial charge in [0.2, 0.25) is 0 Å². The Morgan fingerprint density at radius 1 is 0.542 bits per heavy atom. The van der Waals surface area contributed by atoms with E-state index in [2.05, 4.69) is 35.1 Å². The van der Waals surface area contributed by atoms with Crippen LogP contribution in [-0.2, 0) is 0 Å². The van der Waals surface area contributed by atoms with Gasteiger partial charge in [0, 0.05) is 19.9 Å². The molecule has 0 radical (unpaired) electrons. The van der Waals surface area contributed by atoms with Crippen molar-refractivity contribution >= 4 is 80.1 Å². The summed E-state index contributed by atoms with van der Waals surface area (Å²) in [6.45, 7) is 0. The molecule has 0 aromatic heterocycles. The minimum atomic E-state index is 0.771. The van der Waals surface area contributed by atoms with E-state index in [0.717, 1.165) is 10.0 Å². The van der Waals surface area contributed by atoms with Crippen LogP contribution in [0.5, 0.6) is 0 Å². The molecule has 0 N–H and O–H groups in total. The average molecular weight is 425 g/mol. The van der Waals surface area contributed by atoms with E-state index < -0.39 is 0 Å². The van der Waals surface area contributed by atoms with E-state index in [9.17, 15) is 0 Å². The van der Waals surface area contributed by atoms with Crippen molar-refractivity contribution in [2.75, 3.05) is 0 Å². The van der Waals surface area contributed by atoms with Crippen molar-refractivity contribution in [2.24, 2.45) is 0 Å². The summed E-state index contributed by atoms with van der Waals surface area (Å²) in [6, 6.07) is 16.0. The van der Waals surface area contributed by atoms with Gasteiger partial charge in [-0.1, -0.05) is 94.5 Å². The first kappa shape index (κ1) is 17.1. The summed E-state index contributed by atoms with van der Waals surface area (Å²) in [7, 11) is 0. The van der Waals surface area contributed by atoms with Crippen LogP contribution in [0.4, 0.5) is 0 Å². The number of hydrogen-bond acceptors (Lipinski definition) is 4. The van der Waals surface area contributed by atoms with Gasteiger partial charge >= 0.3 is 0 Å². The van der Waals surface area contributed by atoms with E-state index in [-0.39, 0.29) is 0 Å². The van der Waals surface area contributed by atoms with Crippen LogP contribution in [-0.4, -0.2) is 0 Å². The molecule has 0 unspecified atom stereocenters. The van der Waals surface area contributed by atoms with Gasteiger partial charge in [0.25, 0.3) is 0 Å². The predicted molar refractivity (Wildman–Crippen MR) is 116 cm³/mol. The molecule has 0 bridgehead atoms. The molecule has 2 heterocycles. The molecule has 2 aliphatic rings. The molecule has 2 aliphatic heterocycles. The van der Waals surface area contributed by atoms with E-state index >= 15 is 0 Å². The van der Waals surface area contributed by atoms with Gasteiger partial charge in [-0.15, -0.1) is 0 Å². The van der Waals surface area contributed by atoms with Gasteiger partial charge in [0.1, 0.15) is 0 Å². The lowest BCUT2D eigenvalue weighted by Crippen LogP contribution is -1.77. The average Bonchev–Trinajstić information content (AvgIpc) is 3.25. The molecule has 24 heavy (non-hydrogen) atoms. The molecule has 0 saturated heterocycles. The second kappa shape index (κ2) is 7.48. The molecule has 0 spiro atoms. The molecule has 2 aromatic carbocycles. The highest BCUT2D eigenvalue weighted by molar-refractivity contribution is 8.36. The maximum Gasteiger partial charge on any atom is 0.0700 e. The minimum Gasteiger partial charge on any atom is -0.0878 e. The first-order valence-electron chi connectivity index (χ1n) is 7.04. The van der Waals surface area contributed by atoms with E-state index in [1.54, 1.807) is 23.5 Å². The zero-order chi connectivity index (χ0) is 16.5. The van der Waals surface area contributed by atoms with Crippen molar-refractivity contribution in [3.8, 4) is 0 Å². The molecule has 2 aromatic rings. The maximum absolute atomic E-state index is 5.97. The van der Waals surface area contributed by atoms with Crippen LogP contribution in [0.25, 0.3) is 9.81 Å². The molecule has 120 valence electrons. The number of thioether (sulfide) groups is 4. The van der Waals surface area contributed by atoms with Gasteiger partial charge in [-0.2, -0.15) is 0 Å². The third-order valence-electron chi connectivity index (χ3n) is 3.38. The van der Waals surface area contributed by atoms with E-state index in [1.165, 1.54) is 29.4 Å². The summed E-state index contributed by atoms with van der Waals surface area (Å²) in [5, 5.41) is 5.98. The molecule has 0 fully saturated rings. The third kappa shape index (κ3) is 3.74. The second-order valence-electron chi connectivity index (χ2n) is 4.99. The Morgan fingerprint density at radius 3 is 1.29 bits per heavy atom. The highest BCUT2D eigenvalue weighted by Gasteiger charge is 2.23. The fourth-order valence-corrected chi connectivity index (χ4v) is 7.35. The summed E-state index contributed by atoms with van der Waals surface area (Å²) in [4.78, 5) is 2.56. The molecule has 4 rings (SSSR count). The van der Waals surface area contributed by atoms with Gasteiger partial charge in [-0.3, -0.25) is 0 Å². The quantitative estimate of drug-likeness (QED) is 0.474. The number of benzene rings is 2. The van der Waals surface area contributed by atoms with Crippen LogP contribution in [0.3, 0.4) is 0 Å². The van der Waals surface area contributed by atoms with Gasteiger partial charge in [-0.05, 0) is 46.2 Å². The lowest BCUT2D eigenvalue weighted by molar-refractivity contribution is 1.65. The lowest BCUT2D eigenvalue weighted by Gasteiger charge is -2.05. The molecule has 0 nitrogen and oxygen atoms in total. The van der Waals surface area contributed by atoms with Crippen molar-refractivity contribution in [3.05, 3.63) is 89.0 Å². The number of rotatable bonds is 2. The Labute approximate surface area is 168 Å². The Hall–Kier alpha value is -0.360. The normalized spacial score (nSPS) is 20.2. The Kier molecular flexibility index (Phi) is 5.32. The highest BCUT2D eigenvalue weighted by atomic mass is 35.5. The zero-order valence-electron chi connectivity index (χ0n) is 12.2. The van der Waals surface area contributed by atoms with Gasteiger partial charge in [-0.25, -0.2) is 0 Å². The Bertz CT molecular complexity index is 791. The SMILES string of the molecule is Clc1ccc(C2=CS/C(=C3/SC=C(c4ccc(Cl)cc4)S3)S2)cc1.